The number of carbonyl (C=O) groups excluding carboxylic acids is 1. The maximum atomic E-state index is 11.6. The molecule has 1 saturated carbocycles. The molecule has 0 unspecified atom stereocenters. The summed E-state index contributed by atoms with van der Waals surface area (Å²) >= 11 is 0. The smallest absolute Gasteiger partial charge is 0.223 e. The molecule has 2 aromatic carbocycles. The Morgan fingerprint density at radius 1 is 1.24 bits per heavy atom. The summed E-state index contributed by atoms with van der Waals surface area (Å²) in [6, 6.07) is 12.1. The summed E-state index contributed by atoms with van der Waals surface area (Å²) < 4.78 is 5.69. The molecule has 1 amide bonds. The van der Waals surface area contributed by atoms with Gasteiger partial charge < -0.3 is 15.2 Å². The molecule has 4 nitrogen and oxygen atoms in total. The fraction of sp³-hybridized carbons (Fsp3) is 0.353. The summed E-state index contributed by atoms with van der Waals surface area (Å²) in [5.41, 5.74) is 0.774. The second-order valence-corrected chi connectivity index (χ2v) is 5.36. The Kier molecular flexibility index (Phi) is 4.06. The van der Waals surface area contributed by atoms with E-state index in [-0.39, 0.29) is 12.5 Å². The van der Waals surface area contributed by atoms with Gasteiger partial charge in [0.25, 0.3) is 0 Å². The van der Waals surface area contributed by atoms with E-state index < -0.39 is 0 Å². The molecule has 0 heterocycles. The Bertz CT molecular complexity index is 650. The van der Waals surface area contributed by atoms with Crippen LogP contribution in [0.2, 0.25) is 0 Å². The molecule has 0 radical (unpaired) electrons. The Labute approximate surface area is 123 Å². The summed E-state index contributed by atoms with van der Waals surface area (Å²) in [6.45, 7) is 0.245. The van der Waals surface area contributed by atoms with Crippen LogP contribution in [0.5, 0.6) is 5.75 Å². The van der Waals surface area contributed by atoms with Crippen molar-refractivity contribution < 1.29 is 14.6 Å². The number of rotatable bonds is 6. The highest BCUT2D eigenvalue weighted by atomic mass is 16.5. The Morgan fingerprint density at radius 3 is 2.81 bits per heavy atom. The van der Waals surface area contributed by atoms with Crippen molar-refractivity contribution in [1.82, 2.24) is 5.32 Å². The first kappa shape index (κ1) is 13.9. The van der Waals surface area contributed by atoms with Crippen LogP contribution in [0, 0.1) is 0 Å². The molecule has 110 valence electrons. The van der Waals surface area contributed by atoms with E-state index in [1.54, 1.807) is 0 Å². The molecule has 0 bridgehead atoms. The Hall–Kier alpha value is -2.07. The van der Waals surface area contributed by atoms with E-state index in [1.165, 1.54) is 0 Å². The molecular weight excluding hydrogens is 266 g/mol. The van der Waals surface area contributed by atoms with Crippen molar-refractivity contribution in [2.45, 2.75) is 31.9 Å². The minimum absolute atomic E-state index is 0.0313. The van der Waals surface area contributed by atoms with Gasteiger partial charge in [-0.1, -0.05) is 30.3 Å². The van der Waals surface area contributed by atoms with E-state index >= 15 is 0 Å². The predicted octanol–water partition coefficient (Wildman–Crippen LogP) is 2.38. The van der Waals surface area contributed by atoms with Gasteiger partial charge in [-0.3, -0.25) is 4.79 Å². The lowest BCUT2D eigenvalue weighted by molar-refractivity contribution is -0.121. The van der Waals surface area contributed by atoms with Crippen molar-refractivity contribution in [2.24, 2.45) is 0 Å². The predicted molar refractivity (Wildman–Crippen MR) is 81.1 cm³/mol. The zero-order valence-corrected chi connectivity index (χ0v) is 11.8. The van der Waals surface area contributed by atoms with Crippen LogP contribution >= 0.6 is 0 Å². The summed E-state index contributed by atoms with van der Waals surface area (Å²) in [5.74, 6) is 0.680. The molecule has 2 N–H and O–H groups in total. The zero-order valence-electron chi connectivity index (χ0n) is 11.8. The lowest BCUT2D eigenvalue weighted by Gasteiger charge is -2.12. The minimum atomic E-state index is -0.0784. The second kappa shape index (κ2) is 6.14. The molecule has 0 spiro atoms. The average molecular weight is 285 g/mol. The normalized spacial score (nSPS) is 14.1. The van der Waals surface area contributed by atoms with Crippen LogP contribution in [0.15, 0.2) is 36.4 Å². The molecule has 1 fully saturated rings. The molecule has 0 saturated heterocycles. The van der Waals surface area contributed by atoms with Gasteiger partial charge in [-0.15, -0.1) is 0 Å². The molecule has 0 atom stereocenters. The van der Waals surface area contributed by atoms with Gasteiger partial charge in [0.1, 0.15) is 5.75 Å². The van der Waals surface area contributed by atoms with Crippen LogP contribution in [0.3, 0.4) is 0 Å². The van der Waals surface area contributed by atoms with Gasteiger partial charge in [-0.25, -0.2) is 0 Å². The quantitative estimate of drug-likeness (QED) is 0.856. The number of fused-ring (bicyclic) bond motifs is 1. The van der Waals surface area contributed by atoms with Crippen LogP contribution in [0.1, 0.15) is 24.8 Å². The molecule has 1 aliphatic carbocycles. The monoisotopic (exact) mass is 285 g/mol. The molecule has 0 aromatic heterocycles. The Balaban J connectivity index is 1.66. The van der Waals surface area contributed by atoms with E-state index in [9.17, 15) is 9.90 Å². The van der Waals surface area contributed by atoms with Crippen molar-refractivity contribution >= 4 is 16.7 Å². The highest BCUT2D eigenvalue weighted by Crippen LogP contribution is 2.28. The minimum Gasteiger partial charge on any atom is -0.493 e. The van der Waals surface area contributed by atoms with Crippen molar-refractivity contribution in [3.63, 3.8) is 0 Å². The lowest BCUT2D eigenvalue weighted by atomic mass is 10.0. The molecule has 4 heteroatoms. The topological polar surface area (TPSA) is 58.6 Å². The molecule has 1 aliphatic rings. The number of nitrogens with one attached hydrogen (secondary N) is 1. The molecule has 3 rings (SSSR count). The number of hydrogen-bond donors (Lipinski definition) is 2. The largest absolute Gasteiger partial charge is 0.493 e. The van der Waals surface area contributed by atoms with Crippen LogP contribution in [0.4, 0.5) is 0 Å². The van der Waals surface area contributed by atoms with Gasteiger partial charge in [-0.2, -0.15) is 0 Å². The summed E-state index contributed by atoms with van der Waals surface area (Å²) in [4.78, 5) is 11.6. The standard InChI is InChI=1S/C17H19NO3/c19-11-15-14-4-2-1-3-12(14)5-8-16(15)21-10-9-17(20)18-13-6-7-13/h1-5,8,13,19H,6-7,9-11H2,(H,18,20). The average Bonchev–Trinajstić information content (AvgIpc) is 3.30. The maximum Gasteiger partial charge on any atom is 0.223 e. The zero-order chi connectivity index (χ0) is 14.7. The first-order valence-corrected chi connectivity index (χ1v) is 7.31. The van der Waals surface area contributed by atoms with Crippen molar-refractivity contribution in [2.75, 3.05) is 6.61 Å². The van der Waals surface area contributed by atoms with E-state index in [4.69, 9.17) is 4.74 Å². The van der Waals surface area contributed by atoms with Gasteiger partial charge in [0.2, 0.25) is 5.91 Å². The number of ether oxygens (including phenoxy) is 1. The third-order valence-electron chi connectivity index (χ3n) is 3.68. The SMILES string of the molecule is O=C(CCOc1ccc2ccccc2c1CO)NC1CC1. The van der Waals surface area contributed by atoms with Crippen LogP contribution in [0.25, 0.3) is 10.8 Å². The van der Waals surface area contributed by atoms with Crippen molar-refractivity contribution in [1.29, 1.82) is 0 Å². The molecule has 21 heavy (non-hydrogen) atoms. The third-order valence-corrected chi connectivity index (χ3v) is 3.68. The summed E-state index contributed by atoms with van der Waals surface area (Å²) in [6.07, 6.45) is 2.52. The van der Waals surface area contributed by atoms with E-state index in [0.29, 0.717) is 24.8 Å². The van der Waals surface area contributed by atoms with Gasteiger partial charge in [0.05, 0.1) is 19.6 Å². The van der Waals surface area contributed by atoms with E-state index in [0.717, 1.165) is 29.2 Å². The number of amides is 1. The number of hydrogen-bond acceptors (Lipinski definition) is 3. The summed E-state index contributed by atoms with van der Waals surface area (Å²) in [7, 11) is 0. The fourth-order valence-electron chi connectivity index (χ4n) is 2.40. The Morgan fingerprint density at radius 2 is 2.05 bits per heavy atom. The van der Waals surface area contributed by atoms with Crippen LogP contribution in [-0.2, 0) is 11.4 Å². The lowest BCUT2D eigenvalue weighted by Crippen LogP contribution is -2.26. The highest BCUT2D eigenvalue weighted by Gasteiger charge is 2.22. The van der Waals surface area contributed by atoms with Gasteiger partial charge in [0, 0.05) is 11.6 Å². The van der Waals surface area contributed by atoms with Crippen LogP contribution in [-0.4, -0.2) is 23.7 Å². The molecule has 0 aliphatic heterocycles. The number of carbonyl (C=O) groups is 1. The number of benzene rings is 2. The fourth-order valence-corrected chi connectivity index (χ4v) is 2.40. The van der Waals surface area contributed by atoms with Crippen molar-refractivity contribution in [3.8, 4) is 5.75 Å². The summed E-state index contributed by atoms with van der Waals surface area (Å²) in [5, 5.41) is 14.6. The number of aliphatic hydroxyl groups is 1. The first-order valence-electron chi connectivity index (χ1n) is 7.31. The highest BCUT2D eigenvalue weighted by molar-refractivity contribution is 5.87. The van der Waals surface area contributed by atoms with Crippen LogP contribution < -0.4 is 10.1 Å². The van der Waals surface area contributed by atoms with E-state index in [1.807, 2.05) is 36.4 Å². The third kappa shape index (κ3) is 3.34. The molecule has 2 aromatic rings. The van der Waals surface area contributed by atoms with E-state index in [2.05, 4.69) is 5.32 Å². The van der Waals surface area contributed by atoms with Gasteiger partial charge in [0.15, 0.2) is 0 Å². The molecular formula is C17H19NO3. The maximum absolute atomic E-state index is 11.6. The van der Waals surface area contributed by atoms with Gasteiger partial charge >= 0.3 is 0 Å². The first-order chi connectivity index (χ1) is 10.3. The van der Waals surface area contributed by atoms with Crippen molar-refractivity contribution in [3.05, 3.63) is 42.0 Å². The second-order valence-electron chi connectivity index (χ2n) is 5.36. The van der Waals surface area contributed by atoms with Gasteiger partial charge in [-0.05, 0) is 29.7 Å². The number of aliphatic hydroxyl groups excluding tert-OH is 1.